The van der Waals surface area contributed by atoms with E-state index in [9.17, 15) is 14.7 Å². The fraction of sp³-hybridized carbons (Fsp3) is 0.227. The summed E-state index contributed by atoms with van der Waals surface area (Å²) in [6, 6.07) is 13.2. The first kappa shape index (κ1) is 20.4. The van der Waals surface area contributed by atoms with Gasteiger partial charge in [0.05, 0.1) is 11.3 Å². The number of carbonyl (C=O) groups is 1. The van der Waals surface area contributed by atoms with Gasteiger partial charge in [-0.1, -0.05) is 0 Å². The number of hydrogen-bond donors (Lipinski definition) is 3. The Morgan fingerprint density at radius 2 is 1.87 bits per heavy atom. The highest BCUT2D eigenvalue weighted by molar-refractivity contribution is 14.1. The predicted molar refractivity (Wildman–Crippen MR) is 127 cm³/mol. The van der Waals surface area contributed by atoms with Gasteiger partial charge in [-0.25, -0.2) is 0 Å². The molecule has 0 atom stereocenters. The zero-order chi connectivity index (χ0) is 21.3. The highest BCUT2D eigenvalue weighted by Gasteiger charge is 2.23. The van der Waals surface area contributed by atoms with Crippen LogP contribution in [0.4, 0.5) is 11.4 Å². The number of amides is 1. The molecule has 8 heteroatoms. The lowest BCUT2D eigenvalue weighted by Gasteiger charge is -2.32. The minimum absolute atomic E-state index is 0.0343. The van der Waals surface area contributed by atoms with Crippen molar-refractivity contribution in [3.63, 3.8) is 0 Å². The van der Waals surface area contributed by atoms with Gasteiger partial charge in [0.25, 0.3) is 5.56 Å². The second-order valence-corrected chi connectivity index (χ2v) is 8.59. The molecule has 4 N–H and O–H groups in total. The third-order valence-corrected chi connectivity index (χ3v) is 6.13. The van der Waals surface area contributed by atoms with E-state index >= 15 is 0 Å². The van der Waals surface area contributed by atoms with E-state index in [1.165, 1.54) is 0 Å². The molecule has 30 heavy (non-hydrogen) atoms. The number of aliphatic imine (C=N–C) groups is 1. The first-order chi connectivity index (χ1) is 14.4. The highest BCUT2D eigenvalue weighted by Crippen LogP contribution is 2.27. The summed E-state index contributed by atoms with van der Waals surface area (Å²) < 4.78 is 0.962. The van der Waals surface area contributed by atoms with Crippen molar-refractivity contribution < 1.29 is 9.90 Å². The Morgan fingerprint density at radius 3 is 2.53 bits per heavy atom. The van der Waals surface area contributed by atoms with Crippen molar-refractivity contribution in [2.45, 2.75) is 12.8 Å². The van der Waals surface area contributed by atoms with Gasteiger partial charge in [0, 0.05) is 45.3 Å². The van der Waals surface area contributed by atoms with E-state index in [0.29, 0.717) is 16.3 Å². The summed E-state index contributed by atoms with van der Waals surface area (Å²) in [5.74, 6) is -0.452. The molecule has 1 fully saturated rings. The van der Waals surface area contributed by atoms with Gasteiger partial charge in [-0.05, 0) is 77.9 Å². The van der Waals surface area contributed by atoms with Crippen LogP contribution in [0.3, 0.4) is 0 Å². The van der Waals surface area contributed by atoms with Crippen molar-refractivity contribution in [1.29, 1.82) is 0 Å². The van der Waals surface area contributed by atoms with Gasteiger partial charge in [0.2, 0.25) is 11.8 Å². The number of aromatic hydroxyl groups is 1. The molecule has 3 aromatic rings. The molecule has 1 aliphatic heterocycles. The SMILES string of the molecule is NC(=O)C1CCN(c2ccc(N=Cc3c(O)[nH]c(=O)c4ccc(I)cc34)cc2)CC1. The first-order valence-corrected chi connectivity index (χ1v) is 10.7. The van der Waals surface area contributed by atoms with Gasteiger partial charge in [-0.3, -0.25) is 19.6 Å². The van der Waals surface area contributed by atoms with Crippen LogP contribution in [0.5, 0.6) is 5.88 Å². The molecular formula is C22H21IN4O3. The highest BCUT2D eigenvalue weighted by atomic mass is 127. The number of primary amides is 1. The number of hydrogen-bond acceptors (Lipinski definition) is 5. The molecule has 0 saturated carbocycles. The molecule has 154 valence electrons. The van der Waals surface area contributed by atoms with Crippen molar-refractivity contribution in [3.05, 3.63) is 62.0 Å². The molecule has 1 aromatic heterocycles. The Bertz CT molecular complexity index is 1180. The van der Waals surface area contributed by atoms with E-state index in [1.807, 2.05) is 36.4 Å². The summed E-state index contributed by atoms with van der Waals surface area (Å²) in [5.41, 5.74) is 7.35. The molecule has 0 spiro atoms. The van der Waals surface area contributed by atoms with E-state index < -0.39 is 0 Å². The Hall–Kier alpha value is -2.88. The van der Waals surface area contributed by atoms with Crippen LogP contribution in [0, 0.1) is 9.49 Å². The van der Waals surface area contributed by atoms with Crippen LogP contribution >= 0.6 is 22.6 Å². The summed E-state index contributed by atoms with van der Waals surface area (Å²) in [6.45, 7) is 1.60. The number of pyridine rings is 1. The lowest BCUT2D eigenvalue weighted by molar-refractivity contribution is -0.122. The topological polar surface area (TPSA) is 112 Å². The van der Waals surface area contributed by atoms with Crippen molar-refractivity contribution in [3.8, 4) is 5.88 Å². The number of nitrogens with one attached hydrogen (secondary N) is 1. The zero-order valence-corrected chi connectivity index (χ0v) is 18.3. The molecular weight excluding hydrogens is 495 g/mol. The van der Waals surface area contributed by atoms with Crippen molar-refractivity contribution in [2.75, 3.05) is 18.0 Å². The van der Waals surface area contributed by atoms with Crippen LogP contribution in [0.15, 0.2) is 52.3 Å². The Labute approximate surface area is 186 Å². The molecule has 0 bridgehead atoms. The van der Waals surface area contributed by atoms with Crippen molar-refractivity contribution in [1.82, 2.24) is 4.98 Å². The molecule has 0 radical (unpaired) electrons. The maximum atomic E-state index is 12.1. The number of nitrogens with zero attached hydrogens (tertiary/aromatic N) is 2. The summed E-state index contributed by atoms with van der Waals surface area (Å²) in [6.07, 6.45) is 3.11. The van der Waals surface area contributed by atoms with Gasteiger partial charge >= 0.3 is 0 Å². The normalized spacial score (nSPS) is 15.2. The standard InChI is InChI=1S/C22H21IN4O3/c23-14-1-6-17-18(11-14)19(22(30)26-21(17)29)12-25-15-2-4-16(5-3-15)27-9-7-13(8-10-27)20(24)28/h1-6,11-13H,7-10H2,(H2,24,28)(H2,26,29,30). The number of H-pyrrole nitrogens is 1. The fourth-order valence-corrected chi connectivity index (χ4v) is 4.24. The van der Waals surface area contributed by atoms with Crippen molar-refractivity contribution in [2.24, 2.45) is 16.6 Å². The van der Waals surface area contributed by atoms with Crippen LogP contribution in [0.25, 0.3) is 10.8 Å². The Morgan fingerprint density at radius 1 is 1.17 bits per heavy atom. The maximum Gasteiger partial charge on any atom is 0.258 e. The number of piperidine rings is 1. The third kappa shape index (κ3) is 4.18. The predicted octanol–water partition coefficient (Wildman–Crippen LogP) is 3.29. The lowest BCUT2D eigenvalue weighted by atomic mass is 9.96. The molecule has 1 amide bonds. The lowest BCUT2D eigenvalue weighted by Crippen LogP contribution is -2.38. The number of fused-ring (bicyclic) bond motifs is 1. The maximum absolute atomic E-state index is 12.1. The van der Waals surface area contributed by atoms with Crippen LogP contribution in [0.1, 0.15) is 18.4 Å². The molecule has 0 aliphatic carbocycles. The summed E-state index contributed by atoms with van der Waals surface area (Å²) >= 11 is 2.17. The number of benzene rings is 2. The van der Waals surface area contributed by atoms with E-state index in [0.717, 1.165) is 40.9 Å². The minimum atomic E-state index is -0.333. The molecule has 2 heterocycles. The number of anilines is 1. The minimum Gasteiger partial charge on any atom is -0.494 e. The number of aromatic amines is 1. The molecule has 2 aromatic carbocycles. The number of aromatic nitrogens is 1. The van der Waals surface area contributed by atoms with Gasteiger partial charge in [-0.15, -0.1) is 0 Å². The summed E-state index contributed by atoms with van der Waals surface area (Å²) in [5, 5.41) is 11.4. The monoisotopic (exact) mass is 516 g/mol. The number of nitrogens with two attached hydrogens (primary N) is 1. The second kappa shape index (κ2) is 8.47. The van der Waals surface area contributed by atoms with Crippen LogP contribution in [-0.2, 0) is 4.79 Å². The average molecular weight is 516 g/mol. The van der Waals surface area contributed by atoms with E-state index in [4.69, 9.17) is 5.73 Å². The van der Waals surface area contributed by atoms with E-state index in [1.54, 1.807) is 12.3 Å². The number of rotatable bonds is 4. The van der Waals surface area contributed by atoms with Gasteiger partial charge in [-0.2, -0.15) is 0 Å². The molecule has 7 nitrogen and oxygen atoms in total. The largest absolute Gasteiger partial charge is 0.494 e. The van der Waals surface area contributed by atoms with Crippen LogP contribution in [-0.4, -0.2) is 35.3 Å². The van der Waals surface area contributed by atoms with E-state index in [2.05, 4.69) is 37.5 Å². The Kier molecular flexibility index (Phi) is 5.76. The third-order valence-electron chi connectivity index (χ3n) is 5.46. The summed E-state index contributed by atoms with van der Waals surface area (Å²) in [4.78, 5) is 32.6. The molecule has 1 saturated heterocycles. The summed E-state index contributed by atoms with van der Waals surface area (Å²) in [7, 11) is 0. The van der Waals surface area contributed by atoms with Crippen LogP contribution in [0.2, 0.25) is 0 Å². The van der Waals surface area contributed by atoms with Crippen LogP contribution < -0.4 is 16.2 Å². The quantitative estimate of drug-likeness (QED) is 0.365. The molecule has 4 rings (SSSR count). The number of halogens is 1. The Balaban J connectivity index is 1.55. The molecule has 0 unspecified atom stereocenters. The van der Waals surface area contributed by atoms with Gasteiger partial charge in [0.15, 0.2) is 0 Å². The first-order valence-electron chi connectivity index (χ1n) is 9.65. The van der Waals surface area contributed by atoms with E-state index in [-0.39, 0.29) is 23.3 Å². The fourth-order valence-electron chi connectivity index (χ4n) is 3.75. The molecule has 1 aliphatic rings. The zero-order valence-electron chi connectivity index (χ0n) is 16.1. The number of carbonyl (C=O) groups excluding carboxylic acids is 1. The van der Waals surface area contributed by atoms with Crippen molar-refractivity contribution >= 4 is 56.9 Å². The second-order valence-electron chi connectivity index (χ2n) is 7.34. The average Bonchev–Trinajstić information content (AvgIpc) is 2.74. The van der Waals surface area contributed by atoms with Gasteiger partial charge < -0.3 is 15.7 Å². The van der Waals surface area contributed by atoms with Gasteiger partial charge in [0.1, 0.15) is 0 Å². The smallest absolute Gasteiger partial charge is 0.258 e.